The van der Waals surface area contributed by atoms with Gasteiger partial charge in [-0.1, -0.05) is 37.7 Å². The van der Waals surface area contributed by atoms with E-state index in [0.29, 0.717) is 29.0 Å². The van der Waals surface area contributed by atoms with Crippen LogP contribution >= 0.6 is 11.8 Å². The molecule has 0 saturated carbocycles. The lowest BCUT2D eigenvalue weighted by molar-refractivity contribution is -0.137. The first-order chi connectivity index (χ1) is 17.0. The summed E-state index contributed by atoms with van der Waals surface area (Å²) in [5, 5.41) is 11.3. The van der Waals surface area contributed by atoms with Crippen LogP contribution < -0.4 is 14.8 Å². The number of rotatable bonds is 10. The lowest BCUT2D eigenvalue weighted by Crippen LogP contribution is -2.23. The average Bonchev–Trinajstić information content (AvgIpc) is 3.20. The second-order valence-corrected chi connectivity index (χ2v) is 9.89. The van der Waals surface area contributed by atoms with Gasteiger partial charge in [0.2, 0.25) is 5.91 Å². The molecule has 1 aromatic heterocycles. The molecular formula is C25H29F3N4O3S. The maximum Gasteiger partial charge on any atom is 0.416 e. The largest absolute Gasteiger partial charge is 0.493 e. The molecule has 3 rings (SSSR count). The molecule has 0 saturated heterocycles. The normalized spacial score (nSPS) is 13.4. The number of para-hydroxylation sites is 2. The van der Waals surface area contributed by atoms with E-state index in [1.807, 2.05) is 29.7 Å². The first-order valence-corrected chi connectivity index (χ1v) is 12.2. The van der Waals surface area contributed by atoms with Gasteiger partial charge < -0.3 is 19.4 Å². The number of carbonyl (C=O) groups excluding carboxylic acids is 1. The molecule has 0 aliphatic rings. The fourth-order valence-electron chi connectivity index (χ4n) is 3.38. The molecule has 2 unspecified atom stereocenters. The summed E-state index contributed by atoms with van der Waals surface area (Å²) in [6.07, 6.45) is -4.88. The Morgan fingerprint density at radius 2 is 1.67 bits per heavy atom. The number of nitrogens with zero attached hydrogens (tertiary/aromatic N) is 3. The zero-order valence-electron chi connectivity index (χ0n) is 20.7. The van der Waals surface area contributed by atoms with E-state index in [9.17, 15) is 18.0 Å². The first-order valence-electron chi connectivity index (χ1n) is 11.4. The number of anilines is 1. The maximum absolute atomic E-state index is 12.8. The fourth-order valence-corrected chi connectivity index (χ4v) is 4.25. The summed E-state index contributed by atoms with van der Waals surface area (Å²) in [5.41, 5.74) is -0.495. The molecule has 7 nitrogen and oxygen atoms in total. The van der Waals surface area contributed by atoms with Crippen LogP contribution in [0.3, 0.4) is 0 Å². The lowest BCUT2D eigenvalue weighted by atomic mass is 10.2. The van der Waals surface area contributed by atoms with Crippen LogP contribution in [0.4, 0.5) is 18.9 Å². The maximum atomic E-state index is 12.8. The van der Waals surface area contributed by atoms with Crippen molar-refractivity contribution < 1.29 is 27.4 Å². The Balaban J connectivity index is 1.74. The number of alkyl halides is 3. The summed E-state index contributed by atoms with van der Waals surface area (Å²) in [6, 6.07) is 11.6. The van der Waals surface area contributed by atoms with Crippen molar-refractivity contribution in [1.82, 2.24) is 14.8 Å². The Bertz CT molecular complexity index is 1170. The molecule has 0 spiro atoms. The minimum Gasteiger partial charge on any atom is -0.493 e. The summed E-state index contributed by atoms with van der Waals surface area (Å²) in [7, 11) is 1.57. The van der Waals surface area contributed by atoms with Gasteiger partial charge in [0, 0.05) is 12.2 Å². The number of aromatic nitrogens is 3. The van der Waals surface area contributed by atoms with Crippen LogP contribution in [0.25, 0.3) is 0 Å². The molecule has 3 aromatic rings. The minimum atomic E-state index is -4.43. The number of amides is 1. The van der Waals surface area contributed by atoms with Gasteiger partial charge in [-0.3, -0.25) is 4.79 Å². The standard InChI is InChI=1S/C25H29F3N4O3S/c1-15(2)14-32-22(16(3)35-21-9-7-6-8-20(21)34-5)30-31-24(32)36-17(4)23(33)29-19-12-10-18(11-13-19)25(26,27)28/h6-13,15-17H,14H2,1-5H3,(H,29,33). The number of benzene rings is 2. The van der Waals surface area contributed by atoms with Gasteiger partial charge in [0.1, 0.15) is 0 Å². The van der Waals surface area contributed by atoms with Crippen molar-refractivity contribution in [3.8, 4) is 11.5 Å². The van der Waals surface area contributed by atoms with Crippen LogP contribution in [0.1, 0.15) is 45.2 Å². The van der Waals surface area contributed by atoms with Crippen molar-refractivity contribution >= 4 is 23.4 Å². The molecule has 36 heavy (non-hydrogen) atoms. The second kappa shape index (κ2) is 11.7. The average molecular weight is 523 g/mol. The number of carbonyl (C=O) groups is 1. The van der Waals surface area contributed by atoms with E-state index in [4.69, 9.17) is 9.47 Å². The summed E-state index contributed by atoms with van der Waals surface area (Å²) in [4.78, 5) is 12.7. The van der Waals surface area contributed by atoms with Gasteiger partial charge >= 0.3 is 6.18 Å². The van der Waals surface area contributed by atoms with Gasteiger partial charge in [-0.2, -0.15) is 13.2 Å². The van der Waals surface area contributed by atoms with E-state index in [0.717, 1.165) is 12.1 Å². The zero-order chi connectivity index (χ0) is 26.5. The van der Waals surface area contributed by atoms with Crippen molar-refractivity contribution in [1.29, 1.82) is 0 Å². The molecule has 0 fully saturated rings. The Labute approximate surface area is 212 Å². The van der Waals surface area contributed by atoms with Crippen LogP contribution in [-0.4, -0.2) is 33.0 Å². The Kier molecular flexibility index (Phi) is 8.89. The van der Waals surface area contributed by atoms with Gasteiger partial charge in [0.15, 0.2) is 28.6 Å². The zero-order valence-corrected chi connectivity index (χ0v) is 21.5. The van der Waals surface area contributed by atoms with E-state index in [1.54, 1.807) is 20.1 Å². The highest BCUT2D eigenvalue weighted by Crippen LogP contribution is 2.33. The van der Waals surface area contributed by atoms with Crippen LogP contribution in [0.2, 0.25) is 0 Å². The van der Waals surface area contributed by atoms with Gasteiger partial charge in [-0.25, -0.2) is 0 Å². The third-order valence-corrected chi connectivity index (χ3v) is 6.24. The van der Waals surface area contributed by atoms with Gasteiger partial charge in [-0.05, 0) is 56.2 Å². The van der Waals surface area contributed by atoms with E-state index in [2.05, 4.69) is 29.4 Å². The predicted molar refractivity (Wildman–Crippen MR) is 132 cm³/mol. The number of ether oxygens (including phenoxy) is 2. The van der Waals surface area contributed by atoms with E-state index in [1.165, 1.54) is 23.9 Å². The number of halogens is 3. The predicted octanol–water partition coefficient (Wildman–Crippen LogP) is 6.22. The van der Waals surface area contributed by atoms with Crippen LogP contribution in [0.15, 0.2) is 53.7 Å². The molecule has 11 heteroatoms. The Hall–Kier alpha value is -3.21. The lowest BCUT2D eigenvalue weighted by Gasteiger charge is -2.19. The monoisotopic (exact) mass is 522 g/mol. The third kappa shape index (κ3) is 6.93. The van der Waals surface area contributed by atoms with Gasteiger partial charge in [0.05, 0.1) is 17.9 Å². The number of hydrogen-bond donors (Lipinski definition) is 1. The van der Waals surface area contributed by atoms with Crippen molar-refractivity contribution in [2.45, 2.75) is 56.9 Å². The van der Waals surface area contributed by atoms with E-state index in [-0.39, 0.29) is 17.5 Å². The molecule has 2 atom stereocenters. The number of hydrogen-bond acceptors (Lipinski definition) is 6. The van der Waals surface area contributed by atoms with Crippen molar-refractivity contribution in [3.63, 3.8) is 0 Å². The molecule has 1 N–H and O–H groups in total. The van der Waals surface area contributed by atoms with Crippen LogP contribution in [0, 0.1) is 5.92 Å². The van der Waals surface area contributed by atoms with Crippen molar-refractivity contribution in [2.75, 3.05) is 12.4 Å². The molecule has 0 aliphatic carbocycles. The van der Waals surface area contributed by atoms with Crippen LogP contribution in [-0.2, 0) is 17.5 Å². The minimum absolute atomic E-state index is 0.272. The Morgan fingerprint density at radius 3 is 2.25 bits per heavy atom. The number of nitrogens with one attached hydrogen (secondary N) is 1. The van der Waals surface area contributed by atoms with Crippen molar-refractivity contribution in [3.05, 3.63) is 59.9 Å². The highest BCUT2D eigenvalue weighted by Gasteiger charge is 2.30. The third-order valence-electron chi connectivity index (χ3n) is 5.16. The Morgan fingerprint density at radius 1 is 1.03 bits per heavy atom. The van der Waals surface area contributed by atoms with E-state index < -0.39 is 23.1 Å². The van der Waals surface area contributed by atoms with Gasteiger partial charge in [0.25, 0.3) is 0 Å². The van der Waals surface area contributed by atoms with Crippen molar-refractivity contribution in [2.24, 2.45) is 5.92 Å². The topological polar surface area (TPSA) is 78.3 Å². The molecular weight excluding hydrogens is 493 g/mol. The summed E-state index contributed by atoms with van der Waals surface area (Å²) in [5.74, 6) is 1.69. The molecule has 1 amide bonds. The van der Waals surface area contributed by atoms with E-state index >= 15 is 0 Å². The smallest absolute Gasteiger partial charge is 0.416 e. The molecule has 2 aromatic carbocycles. The number of methoxy groups -OCH3 is 1. The van der Waals surface area contributed by atoms with Gasteiger partial charge in [-0.15, -0.1) is 10.2 Å². The molecule has 194 valence electrons. The highest BCUT2D eigenvalue weighted by molar-refractivity contribution is 8.00. The summed E-state index contributed by atoms with van der Waals surface area (Å²) in [6.45, 7) is 8.29. The summed E-state index contributed by atoms with van der Waals surface area (Å²) < 4.78 is 51.7. The molecule has 0 aliphatic heterocycles. The molecule has 1 heterocycles. The fraction of sp³-hybridized carbons (Fsp3) is 0.400. The SMILES string of the molecule is COc1ccccc1OC(C)c1nnc(SC(C)C(=O)Nc2ccc(C(F)(F)F)cc2)n1CC(C)C. The first kappa shape index (κ1) is 27.4. The molecule has 0 radical (unpaired) electrons. The highest BCUT2D eigenvalue weighted by atomic mass is 32.2. The quantitative estimate of drug-likeness (QED) is 0.319. The number of thioether (sulfide) groups is 1. The molecule has 0 bridgehead atoms. The summed E-state index contributed by atoms with van der Waals surface area (Å²) >= 11 is 1.22. The van der Waals surface area contributed by atoms with Crippen LogP contribution in [0.5, 0.6) is 11.5 Å². The second-order valence-electron chi connectivity index (χ2n) is 8.58.